The Morgan fingerprint density at radius 1 is 1.37 bits per heavy atom. The van der Waals surface area contributed by atoms with Crippen molar-refractivity contribution < 1.29 is 9.90 Å². The molecule has 5 nitrogen and oxygen atoms in total. The van der Waals surface area contributed by atoms with Gasteiger partial charge in [0.25, 0.3) is 5.91 Å². The van der Waals surface area contributed by atoms with Crippen molar-refractivity contribution in [3.05, 3.63) is 53.9 Å². The van der Waals surface area contributed by atoms with Gasteiger partial charge in [-0.15, -0.1) is 0 Å². The first kappa shape index (κ1) is 13.0. The minimum absolute atomic E-state index is 0.149. The number of carbonyl (C=O) groups is 1. The SMILES string of the molecule is NC(=S)c1cccc(NC(=O)c2ccncc2O)c1. The molecule has 0 aliphatic carbocycles. The lowest BCUT2D eigenvalue weighted by molar-refractivity contribution is 0.102. The van der Waals surface area contributed by atoms with E-state index in [1.807, 2.05) is 0 Å². The maximum Gasteiger partial charge on any atom is 0.259 e. The van der Waals surface area contributed by atoms with Crippen LogP contribution >= 0.6 is 12.2 Å². The fourth-order valence-electron chi connectivity index (χ4n) is 1.53. The molecule has 0 fully saturated rings. The molecule has 1 aromatic heterocycles. The Morgan fingerprint density at radius 2 is 2.16 bits per heavy atom. The van der Waals surface area contributed by atoms with Gasteiger partial charge in [-0.25, -0.2) is 0 Å². The van der Waals surface area contributed by atoms with Gasteiger partial charge in [0.15, 0.2) is 0 Å². The van der Waals surface area contributed by atoms with Crippen molar-refractivity contribution >= 4 is 28.8 Å². The zero-order chi connectivity index (χ0) is 13.8. The molecule has 2 aromatic rings. The number of benzene rings is 1. The van der Waals surface area contributed by atoms with Crippen LogP contribution in [0.2, 0.25) is 0 Å². The summed E-state index contributed by atoms with van der Waals surface area (Å²) in [5.74, 6) is -0.606. The number of aromatic hydroxyl groups is 1. The first-order chi connectivity index (χ1) is 9.08. The summed E-state index contributed by atoms with van der Waals surface area (Å²) in [6, 6.07) is 8.29. The fraction of sp³-hybridized carbons (Fsp3) is 0. The Balaban J connectivity index is 2.22. The Hall–Kier alpha value is -2.47. The van der Waals surface area contributed by atoms with Gasteiger partial charge in [-0.3, -0.25) is 9.78 Å². The average Bonchev–Trinajstić information content (AvgIpc) is 2.39. The van der Waals surface area contributed by atoms with Gasteiger partial charge in [0.2, 0.25) is 0 Å². The second kappa shape index (κ2) is 5.45. The Kier molecular flexibility index (Phi) is 3.72. The second-order valence-corrected chi connectivity index (χ2v) is 4.23. The predicted octanol–water partition coefficient (Wildman–Crippen LogP) is 1.67. The molecule has 2 rings (SSSR count). The van der Waals surface area contributed by atoms with Crippen LogP contribution < -0.4 is 11.1 Å². The minimum Gasteiger partial charge on any atom is -0.505 e. The van der Waals surface area contributed by atoms with Crippen molar-refractivity contribution in [3.63, 3.8) is 0 Å². The number of nitrogens with zero attached hydrogens (tertiary/aromatic N) is 1. The Labute approximate surface area is 115 Å². The molecule has 0 bridgehead atoms. The van der Waals surface area contributed by atoms with Gasteiger partial charge >= 0.3 is 0 Å². The molecule has 0 saturated heterocycles. The van der Waals surface area contributed by atoms with Crippen molar-refractivity contribution in [1.82, 2.24) is 4.98 Å². The van der Waals surface area contributed by atoms with Crippen LogP contribution in [0, 0.1) is 0 Å². The van der Waals surface area contributed by atoms with Crippen LogP contribution in [0.15, 0.2) is 42.7 Å². The third kappa shape index (κ3) is 3.05. The van der Waals surface area contributed by atoms with Crippen LogP contribution in [0.3, 0.4) is 0 Å². The number of hydrogen-bond acceptors (Lipinski definition) is 4. The highest BCUT2D eigenvalue weighted by Gasteiger charge is 2.11. The number of nitrogens with one attached hydrogen (secondary N) is 1. The van der Waals surface area contributed by atoms with Gasteiger partial charge in [0, 0.05) is 17.4 Å². The maximum atomic E-state index is 12.0. The summed E-state index contributed by atoms with van der Waals surface area (Å²) in [6.45, 7) is 0. The Morgan fingerprint density at radius 3 is 2.84 bits per heavy atom. The molecule has 19 heavy (non-hydrogen) atoms. The normalized spacial score (nSPS) is 9.89. The number of nitrogens with two attached hydrogens (primary N) is 1. The molecule has 1 amide bonds. The zero-order valence-corrected chi connectivity index (χ0v) is 10.6. The van der Waals surface area contributed by atoms with E-state index in [4.69, 9.17) is 18.0 Å². The van der Waals surface area contributed by atoms with Crippen molar-refractivity contribution in [2.45, 2.75) is 0 Å². The van der Waals surface area contributed by atoms with Crippen molar-refractivity contribution in [3.8, 4) is 5.75 Å². The molecule has 0 aliphatic rings. The first-order valence-electron chi connectivity index (χ1n) is 5.42. The van der Waals surface area contributed by atoms with Gasteiger partial charge in [-0.1, -0.05) is 24.4 Å². The lowest BCUT2D eigenvalue weighted by atomic mass is 10.2. The molecule has 0 aliphatic heterocycles. The quantitative estimate of drug-likeness (QED) is 0.740. The van der Waals surface area contributed by atoms with Crippen LogP contribution in [0.5, 0.6) is 5.75 Å². The molecular formula is C13H11N3O2S. The van der Waals surface area contributed by atoms with Crippen LogP contribution in [0.4, 0.5) is 5.69 Å². The lowest BCUT2D eigenvalue weighted by Gasteiger charge is -2.07. The first-order valence-corrected chi connectivity index (χ1v) is 5.83. The van der Waals surface area contributed by atoms with Gasteiger partial charge in [-0.05, 0) is 18.2 Å². The summed E-state index contributed by atoms with van der Waals surface area (Å²) in [6.07, 6.45) is 2.64. The molecule has 1 aromatic carbocycles. The Bertz CT molecular complexity index is 643. The van der Waals surface area contributed by atoms with E-state index in [1.54, 1.807) is 24.3 Å². The van der Waals surface area contributed by atoms with Gasteiger partial charge < -0.3 is 16.2 Å². The predicted molar refractivity (Wildman–Crippen MR) is 76.2 cm³/mol. The number of amides is 1. The van der Waals surface area contributed by atoms with E-state index < -0.39 is 5.91 Å². The number of thiocarbonyl (C=S) groups is 1. The summed E-state index contributed by atoms with van der Waals surface area (Å²) in [5, 5.41) is 12.2. The highest BCUT2D eigenvalue weighted by molar-refractivity contribution is 7.80. The third-order valence-corrected chi connectivity index (χ3v) is 2.69. The van der Waals surface area contributed by atoms with Crippen LogP contribution in [0.25, 0.3) is 0 Å². The summed E-state index contributed by atoms with van der Waals surface area (Å²) in [7, 11) is 0. The zero-order valence-electron chi connectivity index (χ0n) is 9.83. The summed E-state index contributed by atoms with van der Waals surface area (Å²) in [5.41, 5.74) is 6.87. The molecular weight excluding hydrogens is 262 g/mol. The van der Waals surface area contributed by atoms with Crippen molar-refractivity contribution in [2.75, 3.05) is 5.32 Å². The summed E-state index contributed by atoms with van der Waals surface area (Å²) in [4.78, 5) is 15.9. The number of hydrogen-bond donors (Lipinski definition) is 3. The van der Waals surface area contributed by atoms with E-state index in [0.29, 0.717) is 11.3 Å². The van der Waals surface area contributed by atoms with Crippen molar-refractivity contribution in [2.24, 2.45) is 5.73 Å². The summed E-state index contributed by atoms with van der Waals surface area (Å²) >= 11 is 4.87. The molecule has 1 heterocycles. The van der Waals surface area contributed by atoms with Gasteiger partial charge in [-0.2, -0.15) is 0 Å². The van der Waals surface area contributed by atoms with E-state index >= 15 is 0 Å². The van der Waals surface area contributed by atoms with Crippen LogP contribution in [0.1, 0.15) is 15.9 Å². The second-order valence-electron chi connectivity index (χ2n) is 3.79. The summed E-state index contributed by atoms with van der Waals surface area (Å²) < 4.78 is 0. The van der Waals surface area contributed by atoms with Gasteiger partial charge in [0.05, 0.1) is 11.8 Å². The van der Waals surface area contributed by atoms with E-state index in [-0.39, 0.29) is 16.3 Å². The van der Waals surface area contributed by atoms with E-state index in [2.05, 4.69) is 10.3 Å². The molecule has 4 N–H and O–H groups in total. The van der Waals surface area contributed by atoms with E-state index in [1.165, 1.54) is 18.5 Å². The monoisotopic (exact) mass is 273 g/mol. The molecule has 0 saturated carbocycles. The van der Waals surface area contributed by atoms with Crippen LogP contribution in [-0.2, 0) is 0 Å². The number of rotatable bonds is 3. The smallest absolute Gasteiger partial charge is 0.259 e. The number of aromatic nitrogens is 1. The lowest BCUT2D eigenvalue weighted by Crippen LogP contribution is -2.14. The van der Waals surface area contributed by atoms with Crippen LogP contribution in [-0.4, -0.2) is 21.0 Å². The topological polar surface area (TPSA) is 88.2 Å². The maximum absolute atomic E-state index is 12.0. The van der Waals surface area contributed by atoms with E-state index in [0.717, 1.165) is 0 Å². The third-order valence-electron chi connectivity index (χ3n) is 2.45. The number of carbonyl (C=O) groups excluding carboxylic acids is 1. The number of anilines is 1. The highest BCUT2D eigenvalue weighted by atomic mass is 32.1. The highest BCUT2D eigenvalue weighted by Crippen LogP contribution is 2.17. The van der Waals surface area contributed by atoms with Crippen molar-refractivity contribution in [1.29, 1.82) is 0 Å². The average molecular weight is 273 g/mol. The van der Waals surface area contributed by atoms with E-state index in [9.17, 15) is 9.90 Å². The number of pyridine rings is 1. The molecule has 0 radical (unpaired) electrons. The molecule has 0 spiro atoms. The minimum atomic E-state index is -0.431. The largest absolute Gasteiger partial charge is 0.505 e. The molecule has 6 heteroatoms. The molecule has 0 unspecified atom stereocenters. The van der Waals surface area contributed by atoms with Gasteiger partial charge in [0.1, 0.15) is 10.7 Å². The molecule has 0 atom stereocenters. The molecule has 96 valence electrons. The standard InChI is InChI=1S/C13H11N3O2S/c14-12(19)8-2-1-3-9(6-8)16-13(18)10-4-5-15-7-11(10)17/h1-7,17H,(H2,14,19)(H,16,18). The fourth-order valence-corrected chi connectivity index (χ4v) is 1.65.